The Kier molecular flexibility index (Phi) is 37.9. The normalized spacial score (nSPS) is 24.6. The number of thioether (sulfide) groups is 1. The molecule has 4 heterocycles. The Labute approximate surface area is 773 Å². The van der Waals surface area contributed by atoms with Gasteiger partial charge in [0.1, 0.15) is 84.3 Å². The number of fused-ring (bicyclic) bond motifs is 3. The van der Waals surface area contributed by atoms with Crippen LogP contribution in [0.25, 0.3) is 10.9 Å². The number of nitrogens with two attached hydrogens (primary N) is 2. The molecule has 39 nitrogen and oxygen atoms in total. The molecule has 1 aromatic heterocycles. The zero-order valence-corrected chi connectivity index (χ0v) is 75.4. The minimum atomic E-state index is -2.12. The average Bonchev–Trinajstić information content (AvgIpc) is 1.56. The number of unbranched alkanes of at least 4 members (excludes halogenated alkanes) is 1. The molecule has 3 aliphatic rings. The number of nitrogens with one attached hydrogen (secondary N) is 10. The minimum Gasteiger partial charge on any atom is -0.508 e. The number of carbonyl (C=O) groups excluding carboxylic acids is 15. The number of rotatable bonds is 24. The minimum absolute atomic E-state index is 0.0120. The number of phenolic OH excluding ortho intramolecular Hbond substituents is 1. The van der Waals surface area contributed by atoms with Crippen LogP contribution in [0.15, 0.2) is 128 Å². The van der Waals surface area contributed by atoms with Gasteiger partial charge in [0, 0.05) is 102 Å². The number of benzene rings is 5. The van der Waals surface area contributed by atoms with Gasteiger partial charge in [0.2, 0.25) is 88.6 Å². The molecule has 134 heavy (non-hydrogen) atoms. The molecule has 3 aliphatic heterocycles. The molecular weight excluding hydrogens is 1770 g/mol. The number of aromatic amines is 1. The molecule has 3 saturated heterocycles. The highest BCUT2D eigenvalue weighted by Gasteiger charge is 2.49. The summed E-state index contributed by atoms with van der Waals surface area (Å²) in [6.45, 7) is 2.50. The van der Waals surface area contributed by atoms with Crippen LogP contribution in [0.3, 0.4) is 0 Å². The van der Waals surface area contributed by atoms with Gasteiger partial charge in [0.25, 0.3) is 0 Å². The summed E-state index contributed by atoms with van der Waals surface area (Å²) in [6, 6.07) is 5.95. The number of halogens is 3. The number of phenols is 1. The second-order valence-electron chi connectivity index (χ2n) is 33.8. The first-order chi connectivity index (χ1) is 63.6. The van der Waals surface area contributed by atoms with Crippen molar-refractivity contribution in [2.75, 3.05) is 58.8 Å². The second kappa shape index (κ2) is 48.7. The van der Waals surface area contributed by atoms with Gasteiger partial charge in [0.15, 0.2) is 17.5 Å². The lowest BCUT2D eigenvalue weighted by Crippen LogP contribution is -2.62. The summed E-state index contributed by atoms with van der Waals surface area (Å²) >= 11 is 0.621. The Morgan fingerprint density at radius 2 is 1.00 bits per heavy atom. The van der Waals surface area contributed by atoms with Crippen LogP contribution in [0.5, 0.6) is 5.75 Å². The quantitative estimate of drug-likeness (QED) is 0.0322. The van der Waals surface area contributed by atoms with Gasteiger partial charge in [-0.25, -0.2) is 13.2 Å². The molecule has 0 saturated carbocycles. The number of primary amides is 1. The van der Waals surface area contributed by atoms with Gasteiger partial charge in [-0.1, -0.05) is 125 Å². The van der Waals surface area contributed by atoms with Gasteiger partial charge in [-0.15, -0.1) is 11.8 Å². The van der Waals surface area contributed by atoms with Crippen LogP contribution in [0, 0.1) is 23.4 Å². The molecule has 0 radical (unpaired) electrons. The lowest BCUT2D eigenvalue weighted by atomic mass is 9.98. The fourth-order valence-electron chi connectivity index (χ4n) is 16.2. The summed E-state index contributed by atoms with van der Waals surface area (Å²) < 4.78 is 45.1. The number of amides is 15. The van der Waals surface area contributed by atoms with Crippen molar-refractivity contribution in [3.8, 4) is 5.75 Å². The first-order valence-electron chi connectivity index (χ1n) is 43.7. The number of carboxylic acids is 2. The predicted molar refractivity (Wildman–Crippen MR) is 478 cm³/mol. The molecule has 722 valence electrons. The smallest absolute Gasteiger partial charge is 0.305 e. The van der Waals surface area contributed by atoms with E-state index in [0.29, 0.717) is 57.9 Å². The molecule has 15 atom stereocenters. The molecule has 19 N–H and O–H groups in total. The number of H-pyrrole nitrogens is 1. The third-order valence-electron chi connectivity index (χ3n) is 23.4. The standard InChI is InChI=1S/C91H114F3N17O22S/c1-7-8-25-68-90(132)111-45-56(114)39-71(111)86(128)103-64(40-75(117)118)83(125)106-78(48(2)3)91(133)108(5)69(35-49-18-11-9-12-19-49)84(126)104-66(41-76(119)120)88(130)110-44-55(113)38-70(110)85(127)102-63(37-53-42-97-60-23-16-15-22-57(53)60)82(124)101-62(33-51-26-28-54(112)29-27-51)81(123)100-61(24-17-30-95)80(122)105-67(79(121)98-43-73(96)115)46-134-47-74(116)99-65(34-52-31-58(92)77(94)59(93)32-52)87(129)109(6)72(89(131)107(68)4)36-50-20-13-10-14-21-50/h9-16,18-23,26-29,31-32,42,48,55-56,61-72,78,97,112-114H,7-8,17,24-25,30,33-41,43-47,95H2,1-6H3,(H2,96,115)(H,98,121)(H,99,116)(H,100,123)(H,101,124)(H,102,127)(H,103,128)(H,104,126)(H,105,122)(H,106,125)(H,117,118)(H,119,120)/t55-,56-,61+,62+,63+,64+,65+,66+,67+,68+,69+,70-,71-,72+,78+/m1/s1. The SMILES string of the molecule is CCCC[C@H]1C(=O)N2C[C@H](O)C[C@@H]2C(=O)N[C@@H](CC(=O)O)C(=O)N[C@@H](C(C)C)C(=O)N(C)[C@@H](Cc2ccccc2)C(=O)N[C@@H](CC(=O)O)C(=O)N2C[C@H](O)C[C@@H]2C(=O)N[C@@H](Cc2c[nH]c3ccccc23)C(=O)N[C@@H](Cc2ccc(O)cc2)C(=O)N[C@@H](CCCN)C(=O)N[C@H](C(=O)NCC(N)=O)CSCC(=O)N[C@@H](Cc2cc(F)c(F)c(F)c2)C(=O)N(C)[C@@H](Cc2ccccc2)C(=O)N1C. The third kappa shape index (κ3) is 28.5. The van der Waals surface area contributed by atoms with Crippen molar-refractivity contribution < 1.29 is 120 Å². The maximum Gasteiger partial charge on any atom is 0.305 e. The first kappa shape index (κ1) is 104. The van der Waals surface area contributed by atoms with Gasteiger partial charge in [0.05, 0.1) is 37.3 Å². The number of hydrogen-bond donors (Lipinski definition) is 17. The Bertz CT molecular complexity index is 5240. The summed E-state index contributed by atoms with van der Waals surface area (Å²) in [5.74, 6) is -27.8. The summed E-state index contributed by atoms with van der Waals surface area (Å²) in [5, 5.41) is 77.1. The largest absolute Gasteiger partial charge is 0.508 e. The molecule has 5 aromatic carbocycles. The third-order valence-corrected chi connectivity index (χ3v) is 24.5. The van der Waals surface area contributed by atoms with Gasteiger partial charge in [-0.3, -0.25) is 81.5 Å². The van der Waals surface area contributed by atoms with E-state index in [4.69, 9.17) is 11.5 Å². The number of carboxylic acid groups (broad SMARTS) is 2. The van der Waals surface area contributed by atoms with Crippen molar-refractivity contribution in [1.29, 1.82) is 0 Å². The lowest BCUT2D eigenvalue weighted by Gasteiger charge is -2.38. The van der Waals surface area contributed by atoms with Crippen molar-refractivity contribution in [1.82, 2.24) is 77.3 Å². The van der Waals surface area contributed by atoms with Crippen molar-refractivity contribution >= 4 is 123 Å². The summed E-state index contributed by atoms with van der Waals surface area (Å²) in [5.41, 5.74) is 13.0. The molecule has 3 fully saturated rings. The van der Waals surface area contributed by atoms with Gasteiger partial charge >= 0.3 is 11.9 Å². The molecule has 0 unspecified atom stereocenters. The number of likely N-dealkylation sites (N-methyl/N-ethyl adjacent to an activating group) is 3. The van der Waals surface area contributed by atoms with E-state index < -0.39 is 296 Å². The zero-order chi connectivity index (χ0) is 98.1. The number of aliphatic hydroxyl groups excluding tert-OH is 2. The van der Waals surface area contributed by atoms with E-state index in [2.05, 4.69) is 52.8 Å². The first-order valence-corrected chi connectivity index (χ1v) is 44.8. The molecule has 43 heteroatoms. The van der Waals surface area contributed by atoms with Crippen LogP contribution < -0.4 is 59.3 Å². The molecule has 0 bridgehead atoms. The Morgan fingerprint density at radius 1 is 0.507 bits per heavy atom. The molecule has 6 aromatic rings. The molecule has 15 amide bonds. The number of aromatic nitrogens is 1. The maximum absolute atomic E-state index is 15.7. The van der Waals surface area contributed by atoms with Crippen LogP contribution >= 0.6 is 11.8 Å². The van der Waals surface area contributed by atoms with E-state index in [1.54, 1.807) is 91.9 Å². The zero-order valence-electron chi connectivity index (χ0n) is 74.6. The van der Waals surface area contributed by atoms with Crippen molar-refractivity contribution in [3.63, 3.8) is 0 Å². The highest BCUT2D eigenvalue weighted by atomic mass is 32.2. The summed E-state index contributed by atoms with van der Waals surface area (Å²) in [4.78, 5) is 257. The van der Waals surface area contributed by atoms with Crippen molar-refractivity contribution in [2.24, 2.45) is 17.4 Å². The van der Waals surface area contributed by atoms with Crippen LogP contribution in [0.1, 0.15) is 106 Å². The van der Waals surface area contributed by atoms with E-state index in [1.807, 2.05) is 0 Å². The Balaban J connectivity index is 1.14. The fraction of sp³-hybridized carbons (Fsp3) is 0.462. The summed E-state index contributed by atoms with van der Waals surface area (Å²) in [7, 11) is 3.50. The second-order valence-corrected chi connectivity index (χ2v) is 34.8. The monoisotopic (exact) mass is 1890 g/mol. The van der Waals surface area contributed by atoms with Crippen LogP contribution in [-0.4, -0.2) is 305 Å². The number of nitrogens with zero attached hydrogens (tertiary/aromatic N) is 5. The number of hydrogen-bond acceptors (Lipinski definition) is 22. The number of aliphatic carboxylic acids is 2. The van der Waals surface area contributed by atoms with Crippen LogP contribution in [-0.2, 0) is 114 Å². The van der Waals surface area contributed by atoms with Gasteiger partial charge < -0.3 is 114 Å². The van der Waals surface area contributed by atoms with Gasteiger partial charge in [-0.05, 0) is 89.9 Å². The van der Waals surface area contributed by atoms with Crippen molar-refractivity contribution in [2.45, 2.75) is 201 Å². The lowest BCUT2D eigenvalue weighted by molar-refractivity contribution is -0.152. The molecular formula is C91H114F3N17O22S. The van der Waals surface area contributed by atoms with E-state index in [0.717, 1.165) is 38.6 Å². The molecule has 0 spiro atoms. The van der Waals surface area contributed by atoms with Crippen molar-refractivity contribution in [3.05, 3.63) is 173 Å². The van der Waals surface area contributed by atoms with E-state index in [-0.39, 0.29) is 56.4 Å². The van der Waals surface area contributed by atoms with E-state index in [9.17, 15) is 68.3 Å². The number of aromatic hydroxyl groups is 1. The summed E-state index contributed by atoms with van der Waals surface area (Å²) in [6.07, 6.45) is -7.20. The Morgan fingerprint density at radius 3 is 1.57 bits per heavy atom. The molecule has 0 aliphatic carbocycles. The van der Waals surface area contributed by atoms with Crippen LogP contribution in [0.2, 0.25) is 0 Å². The fourth-order valence-corrected chi connectivity index (χ4v) is 17.1. The average molecular weight is 1890 g/mol. The molecule has 9 rings (SSSR count). The van der Waals surface area contributed by atoms with Crippen LogP contribution in [0.4, 0.5) is 13.2 Å². The van der Waals surface area contributed by atoms with E-state index in [1.165, 1.54) is 51.4 Å². The van der Waals surface area contributed by atoms with Gasteiger partial charge in [-0.2, -0.15) is 0 Å². The number of carbonyl (C=O) groups is 17. The highest BCUT2D eigenvalue weighted by Crippen LogP contribution is 2.29. The topological polar surface area (TPSA) is 584 Å². The van der Waals surface area contributed by atoms with E-state index >= 15 is 51.9 Å². The number of aliphatic hydroxyl groups is 2. The highest BCUT2D eigenvalue weighted by molar-refractivity contribution is 8.00. The maximum atomic E-state index is 15.7. The predicted octanol–water partition coefficient (Wildman–Crippen LogP) is -1.03. The number of para-hydroxylation sites is 1. The Hall–Kier alpha value is -13.6.